The molecule has 0 aliphatic rings. The second-order valence-corrected chi connectivity index (χ2v) is 4.62. The maximum Gasteiger partial charge on any atom is 0.252 e. The van der Waals surface area contributed by atoms with E-state index < -0.39 is 0 Å². The topological polar surface area (TPSA) is 38.3 Å². The van der Waals surface area contributed by atoms with Crippen molar-refractivity contribution in [1.82, 2.24) is 5.32 Å². The number of amides is 1. The van der Waals surface area contributed by atoms with Crippen molar-refractivity contribution in [1.29, 1.82) is 0 Å². The summed E-state index contributed by atoms with van der Waals surface area (Å²) < 4.78 is 5.28. The third-order valence-electron chi connectivity index (χ3n) is 2.63. The predicted octanol–water partition coefficient (Wildman–Crippen LogP) is 2.74. The minimum Gasteiger partial charge on any atom is -0.379 e. The molecule has 1 unspecified atom stereocenters. The van der Waals surface area contributed by atoms with Crippen LogP contribution in [0.15, 0.2) is 24.3 Å². The molecule has 0 bridgehead atoms. The predicted molar refractivity (Wildman–Crippen MR) is 69.4 cm³/mol. The highest BCUT2D eigenvalue weighted by atomic mass is 35.5. The molecule has 94 valence electrons. The van der Waals surface area contributed by atoms with E-state index in [9.17, 15) is 4.79 Å². The van der Waals surface area contributed by atoms with Crippen molar-refractivity contribution in [3.05, 3.63) is 34.9 Å². The molecule has 0 aromatic heterocycles. The third-order valence-corrected chi connectivity index (χ3v) is 2.96. The Balaban J connectivity index is 2.59. The second kappa shape index (κ2) is 6.62. The highest BCUT2D eigenvalue weighted by Gasteiger charge is 2.15. The summed E-state index contributed by atoms with van der Waals surface area (Å²) in [6, 6.07) is 6.99. The van der Waals surface area contributed by atoms with E-state index in [-0.39, 0.29) is 12.0 Å². The number of halogens is 1. The second-order valence-electron chi connectivity index (χ2n) is 4.21. The molecule has 0 radical (unpaired) electrons. The zero-order valence-electron chi connectivity index (χ0n) is 10.4. The standard InChI is InChI=1S/C13H18ClNO2/c1-9(2)12(17-3)8-15-13(16)10-6-4-5-7-11(10)14/h4-7,9,12H,8H2,1-3H3,(H,15,16). The van der Waals surface area contributed by atoms with Crippen molar-refractivity contribution in [2.45, 2.75) is 20.0 Å². The Bertz CT molecular complexity index is 379. The molecule has 3 nitrogen and oxygen atoms in total. The molecule has 0 fully saturated rings. The van der Waals surface area contributed by atoms with Gasteiger partial charge in [0.15, 0.2) is 0 Å². The Kier molecular flexibility index (Phi) is 5.45. The number of ether oxygens (including phenoxy) is 1. The van der Waals surface area contributed by atoms with Crippen molar-refractivity contribution >= 4 is 17.5 Å². The van der Waals surface area contributed by atoms with Gasteiger partial charge in [-0.1, -0.05) is 37.6 Å². The number of methoxy groups -OCH3 is 1. The molecule has 0 saturated heterocycles. The lowest BCUT2D eigenvalue weighted by Gasteiger charge is -2.19. The van der Waals surface area contributed by atoms with Gasteiger partial charge in [-0.15, -0.1) is 0 Å². The Morgan fingerprint density at radius 1 is 1.41 bits per heavy atom. The lowest BCUT2D eigenvalue weighted by Crippen LogP contribution is -2.36. The molecule has 0 spiro atoms. The van der Waals surface area contributed by atoms with Gasteiger partial charge in [0.05, 0.1) is 16.7 Å². The first-order valence-corrected chi connectivity index (χ1v) is 5.99. The first kappa shape index (κ1) is 14.0. The molecule has 0 aliphatic heterocycles. The van der Waals surface area contributed by atoms with E-state index in [1.807, 2.05) is 0 Å². The number of hydrogen-bond acceptors (Lipinski definition) is 2. The molecule has 4 heteroatoms. The van der Waals surface area contributed by atoms with E-state index in [1.165, 1.54) is 0 Å². The van der Waals surface area contributed by atoms with Crippen molar-refractivity contribution in [3.8, 4) is 0 Å². The van der Waals surface area contributed by atoms with Crippen molar-refractivity contribution in [2.24, 2.45) is 5.92 Å². The van der Waals surface area contributed by atoms with Gasteiger partial charge in [-0.05, 0) is 18.1 Å². The van der Waals surface area contributed by atoms with Crippen molar-refractivity contribution < 1.29 is 9.53 Å². The van der Waals surface area contributed by atoms with E-state index >= 15 is 0 Å². The minimum atomic E-state index is -0.168. The monoisotopic (exact) mass is 255 g/mol. The average molecular weight is 256 g/mol. The summed E-state index contributed by atoms with van der Waals surface area (Å²) in [5, 5.41) is 3.29. The Hall–Kier alpha value is -1.06. The van der Waals surface area contributed by atoms with Gasteiger partial charge in [0, 0.05) is 13.7 Å². The van der Waals surface area contributed by atoms with Crippen LogP contribution in [-0.2, 0) is 4.74 Å². The van der Waals surface area contributed by atoms with E-state index in [0.29, 0.717) is 23.0 Å². The molecular formula is C13H18ClNO2. The fraction of sp³-hybridized carbons (Fsp3) is 0.462. The smallest absolute Gasteiger partial charge is 0.252 e. The molecule has 1 aromatic carbocycles. The van der Waals surface area contributed by atoms with Crippen LogP contribution in [0.1, 0.15) is 24.2 Å². The number of carbonyl (C=O) groups is 1. The third kappa shape index (κ3) is 4.02. The van der Waals surface area contributed by atoms with Crippen LogP contribution in [0.5, 0.6) is 0 Å². The van der Waals surface area contributed by atoms with Gasteiger partial charge in [-0.3, -0.25) is 4.79 Å². The molecule has 1 atom stereocenters. The van der Waals surface area contributed by atoms with Crippen LogP contribution in [0.3, 0.4) is 0 Å². The van der Waals surface area contributed by atoms with Gasteiger partial charge in [-0.2, -0.15) is 0 Å². The van der Waals surface area contributed by atoms with Crippen LogP contribution in [-0.4, -0.2) is 25.7 Å². The Labute approximate surface area is 107 Å². The maximum absolute atomic E-state index is 11.9. The summed E-state index contributed by atoms with van der Waals surface area (Å²) in [4.78, 5) is 11.9. The molecule has 1 N–H and O–H groups in total. The van der Waals surface area contributed by atoms with Gasteiger partial charge < -0.3 is 10.1 Å². The zero-order chi connectivity index (χ0) is 12.8. The summed E-state index contributed by atoms with van der Waals surface area (Å²) in [6.45, 7) is 4.59. The summed E-state index contributed by atoms with van der Waals surface area (Å²) in [5.41, 5.74) is 0.493. The van der Waals surface area contributed by atoms with Gasteiger partial charge in [0.2, 0.25) is 0 Å². The first-order chi connectivity index (χ1) is 8.06. The van der Waals surface area contributed by atoms with Gasteiger partial charge in [0.25, 0.3) is 5.91 Å². The maximum atomic E-state index is 11.9. The number of rotatable bonds is 5. The minimum absolute atomic E-state index is 0.0152. The van der Waals surface area contributed by atoms with Crippen LogP contribution in [0.2, 0.25) is 5.02 Å². The largest absolute Gasteiger partial charge is 0.379 e. The molecule has 0 heterocycles. The van der Waals surface area contributed by atoms with Crippen molar-refractivity contribution in [2.75, 3.05) is 13.7 Å². The SMILES string of the molecule is COC(CNC(=O)c1ccccc1Cl)C(C)C. The molecular weight excluding hydrogens is 238 g/mol. The van der Waals surface area contributed by atoms with Crippen LogP contribution in [0.25, 0.3) is 0 Å². The van der Waals surface area contributed by atoms with E-state index in [2.05, 4.69) is 19.2 Å². The van der Waals surface area contributed by atoms with E-state index in [4.69, 9.17) is 16.3 Å². The number of nitrogens with one attached hydrogen (secondary N) is 1. The number of hydrogen-bond donors (Lipinski definition) is 1. The summed E-state index contributed by atoms with van der Waals surface area (Å²) in [7, 11) is 1.65. The molecule has 1 rings (SSSR count). The van der Waals surface area contributed by atoms with E-state index in [1.54, 1.807) is 31.4 Å². The van der Waals surface area contributed by atoms with Gasteiger partial charge in [0.1, 0.15) is 0 Å². The van der Waals surface area contributed by atoms with Gasteiger partial charge >= 0.3 is 0 Å². The van der Waals surface area contributed by atoms with Crippen LogP contribution < -0.4 is 5.32 Å². The number of carbonyl (C=O) groups excluding carboxylic acids is 1. The summed E-state index contributed by atoms with van der Waals surface area (Å²) >= 11 is 5.94. The summed E-state index contributed by atoms with van der Waals surface area (Å²) in [6.07, 6.45) is 0.0152. The lowest BCUT2D eigenvalue weighted by molar-refractivity contribution is 0.0605. The number of benzene rings is 1. The lowest BCUT2D eigenvalue weighted by atomic mass is 10.1. The summed E-state index contributed by atoms with van der Waals surface area (Å²) in [5.74, 6) is 0.185. The van der Waals surface area contributed by atoms with E-state index in [0.717, 1.165) is 0 Å². The Morgan fingerprint density at radius 2 is 2.06 bits per heavy atom. The molecule has 17 heavy (non-hydrogen) atoms. The Morgan fingerprint density at radius 3 is 2.59 bits per heavy atom. The average Bonchev–Trinajstić information content (AvgIpc) is 2.29. The molecule has 0 aliphatic carbocycles. The quantitative estimate of drug-likeness (QED) is 0.879. The fourth-order valence-electron chi connectivity index (χ4n) is 1.53. The molecule has 1 aromatic rings. The van der Waals surface area contributed by atoms with Gasteiger partial charge in [-0.25, -0.2) is 0 Å². The highest BCUT2D eigenvalue weighted by Crippen LogP contribution is 2.14. The van der Waals surface area contributed by atoms with Crippen LogP contribution in [0.4, 0.5) is 0 Å². The zero-order valence-corrected chi connectivity index (χ0v) is 11.1. The highest BCUT2D eigenvalue weighted by molar-refractivity contribution is 6.33. The van der Waals surface area contributed by atoms with Crippen LogP contribution in [0, 0.1) is 5.92 Å². The van der Waals surface area contributed by atoms with Crippen LogP contribution >= 0.6 is 11.6 Å². The molecule has 1 amide bonds. The fourth-order valence-corrected chi connectivity index (χ4v) is 1.75. The normalized spacial score (nSPS) is 12.5. The molecule has 0 saturated carbocycles. The van der Waals surface area contributed by atoms with Crippen molar-refractivity contribution in [3.63, 3.8) is 0 Å². The first-order valence-electron chi connectivity index (χ1n) is 5.61.